The topological polar surface area (TPSA) is 106 Å². The molecule has 8 heteroatoms. The lowest BCUT2D eigenvalue weighted by molar-refractivity contribution is -0.122. The number of hydrogen-bond acceptors (Lipinski definition) is 5. The number of aryl methyl sites for hydroxylation is 2. The molecular formula is C17H22N6O2. The number of amides is 2. The lowest BCUT2D eigenvalue weighted by Crippen LogP contribution is -2.41. The molecule has 0 saturated carbocycles. The molecule has 3 rings (SSSR count). The van der Waals surface area contributed by atoms with Crippen molar-refractivity contribution in [3.05, 3.63) is 35.8 Å². The summed E-state index contributed by atoms with van der Waals surface area (Å²) in [5, 5.41) is 6.98. The number of anilines is 2. The number of nitrogens with one attached hydrogen (secondary N) is 1. The zero-order valence-corrected chi connectivity index (χ0v) is 14.4. The Hall–Kier alpha value is -2.90. The second-order valence-corrected chi connectivity index (χ2v) is 6.34. The molecular weight excluding hydrogens is 320 g/mol. The summed E-state index contributed by atoms with van der Waals surface area (Å²) in [5.41, 5.74) is 7.30. The molecule has 2 aromatic heterocycles. The fraction of sp³-hybridized carbons (Fsp3) is 0.412. The largest absolute Gasteiger partial charge is 0.369 e. The summed E-state index contributed by atoms with van der Waals surface area (Å²) in [6.07, 6.45) is 3.35. The lowest BCUT2D eigenvalue weighted by atomic mass is 9.97. The number of nitrogens with zero attached hydrogens (tertiary/aromatic N) is 4. The van der Waals surface area contributed by atoms with Gasteiger partial charge in [-0.1, -0.05) is 0 Å². The Kier molecular flexibility index (Phi) is 4.69. The Labute approximate surface area is 146 Å². The molecule has 0 radical (unpaired) electrons. The van der Waals surface area contributed by atoms with E-state index in [0.29, 0.717) is 17.9 Å². The summed E-state index contributed by atoms with van der Waals surface area (Å²) in [6, 6.07) is 5.37. The van der Waals surface area contributed by atoms with Crippen molar-refractivity contribution >= 4 is 23.3 Å². The van der Waals surface area contributed by atoms with Crippen LogP contribution >= 0.6 is 0 Å². The SMILES string of the molecule is Cc1cc(C(=O)Nc2ccc(N3CCCC(C(N)=O)C3)nc2)n(C)n1. The third-order valence-corrected chi connectivity index (χ3v) is 4.39. The van der Waals surface area contributed by atoms with Crippen molar-refractivity contribution in [2.75, 3.05) is 23.3 Å². The second-order valence-electron chi connectivity index (χ2n) is 6.34. The summed E-state index contributed by atoms with van der Waals surface area (Å²) in [5.74, 6) is 0.146. The first-order chi connectivity index (χ1) is 11.9. The van der Waals surface area contributed by atoms with Crippen molar-refractivity contribution in [3.63, 3.8) is 0 Å². The predicted octanol–water partition coefficient (Wildman–Crippen LogP) is 1.08. The molecule has 0 aromatic carbocycles. The quantitative estimate of drug-likeness (QED) is 0.865. The van der Waals surface area contributed by atoms with E-state index in [-0.39, 0.29) is 17.7 Å². The predicted molar refractivity (Wildman–Crippen MR) is 94.3 cm³/mol. The van der Waals surface area contributed by atoms with Crippen LogP contribution in [0.15, 0.2) is 24.4 Å². The van der Waals surface area contributed by atoms with E-state index in [0.717, 1.165) is 30.9 Å². The van der Waals surface area contributed by atoms with Gasteiger partial charge >= 0.3 is 0 Å². The minimum atomic E-state index is -0.264. The van der Waals surface area contributed by atoms with Gasteiger partial charge in [-0.05, 0) is 38.0 Å². The van der Waals surface area contributed by atoms with Gasteiger partial charge in [-0.3, -0.25) is 14.3 Å². The smallest absolute Gasteiger partial charge is 0.273 e. The highest BCUT2D eigenvalue weighted by Crippen LogP contribution is 2.22. The van der Waals surface area contributed by atoms with E-state index < -0.39 is 0 Å². The summed E-state index contributed by atoms with van der Waals surface area (Å²) < 4.78 is 1.55. The highest BCUT2D eigenvalue weighted by Gasteiger charge is 2.24. The van der Waals surface area contributed by atoms with Gasteiger partial charge in [-0.25, -0.2) is 4.98 Å². The van der Waals surface area contributed by atoms with Gasteiger partial charge in [0.25, 0.3) is 5.91 Å². The van der Waals surface area contributed by atoms with Crippen LogP contribution in [-0.4, -0.2) is 39.7 Å². The zero-order chi connectivity index (χ0) is 18.0. The first kappa shape index (κ1) is 16.9. The Morgan fingerprint density at radius 1 is 1.36 bits per heavy atom. The zero-order valence-electron chi connectivity index (χ0n) is 14.4. The number of piperidine rings is 1. The van der Waals surface area contributed by atoms with Crippen LogP contribution in [0.25, 0.3) is 0 Å². The molecule has 2 aromatic rings. The highest BCUT2D eigenvalue weighted by molar-refractivity contribution is 6.03. The Bertz CT molecular complexity index is 783. The molecule has 1 atom stereocenters. The van der Waals surface area contributed by atoms with Crippen molar-refractivity contribution in [3.8, 4) is 0 Å². The number of hydrogen-bond donors (Lipinski definition) is 2. The number of rotatable bonds is 4. The lowest BCUT2D eigenvalue weighted by Gasteiger charge is -2.32. The van der Waals surface area contributed by atoms with Gasteiger partial charge in [0.1, 0.15) is 11.5 Å². The minimum absolute atomic E-state index is 0.136. The molecule has 8 nitrogen and oxygen atoms in total. The van der Waals surface area contributed by atoms with Gasteiger partial charge in [0.15, 0.2) is 0 Å². The van der Waals surface area contributed by atoms with Gasteiger partial charge in [-0.15, -0.1) is 0 Å². The number of aromatic nitrogens is 3. The summed E-state index contributed by atoms with van der Waals surface area (Å²) in [6.45, 7) is 3.27. The maximum atomic E-state index is 12.3. The fourth-order valence-electron chi connectivity index (χ4n) is 3.08. The van der Waals surface area contributed by atoms with Gasteiger partial charge in [0, 0.05) is 20.1 Å². The monoisotopic (exact) mass is 342 g/mol. The number of nitrogens with two attached hydrogens (primary N) is 1. The Morgan fingerprint density at radius 3 is 2.76 bits per heavy atom. The van der Waals surface area contributed by atoms with Crippen molar-refractivity contribution in [1.29, 1.82) is 0 Å². The molecule has 1 unspecified atom stereocenters. The second kappa shape index (κ2) is 6.92. The summed E-state index contributed by atoms with van der Waals surface area (Å²) in [4.78, 5) is 30.1. The molecule has 0 bridgehead atoms. The minimum Gasteiger partial charge on any atom is -0.369 e. The third-order valence-electron chi connectivity index (χ3n) is 4.39. The van der Waals surface area contributed by atoms with Crippen molar-refractivity contribution in [1.82, 2.24) is 14.8 Å². The number of carbonyl (C=O) groups excluding carboxylic acids is 2. The Balaban J connectivity index is 1.67. The third kappa shape index (κ3) is 3.78. The number of primary amides is 1. The van der Waals surface area contributed by atoms with Crippen LogP contribution in [-0.2, 0) is 11.8 Å². The van der Waals surface area contributed by atoms with Gasteiger partial charge in [0.05, 0.1) is 23.5 Å². The van der Waals surface area contributed by atoms with E-state index in [1.807, 2.05) is 13.0 Å². The van der Waals surface area contributed by atoms with Crippen molar-refractivity contribution in [2.24, 2.45) is 18.7 Å². The fourth-order valence-corrected chi connectivity index (χ4v) is 3.08. The normalized spacial score (nSPS) is 17.4. The molecule has 3 heterocycles. The van der Waals surface area contributed by atoms with E-state index in [1.165, 1.54) is 0 Å². The summed E-state index contributed by atoms with van der Waals surface area (Å²) in [7, 11) is 1.73. The molecule has 1 aliphatic heterocycles. The van der Waals surface area contributed by atoms with E-state index in [4.69, 9.17) is 5.73 Å². The number of carbonyl (C=O) groups is 2. The number of pyridine rings is 1. The van der Waals surface area contributed by atoms with Gasteiger partial charge < -0.3 is 16.0 Å². The van der Waals surface area contributed by atoms with E-state index in [2.05, 4.69) is 20.3 Å². The highest BCUT2D eigenvalue weighted by atomic mass is 16.2. The first-order valence-electron chi connectivity index (χ1n) is 8.26. The summed E-state index contributed by atoms with van der Waals surface area (Å²) >= 11 is 0. The van der Waals surface area contributed by atoms with Crippen molar-refractivity contribution in [2.45, 2.75) is 19.8 Å². The van der Waals surface area contributed by atoms with E-state index in [1.54, 1.807) is 30.1 Å². The average Bonchev–Trinajstić information content (AvgIpc) is 2.94. The molecule has 0 spiro atoms. The molecule has 25 heavy (non-hydrogen) atoms. The molecule has 132 valence electrons. The molecule has 1 aliphatic rings. The van der Waals surface area contributed by atoms with E-state index in [9.17, 15) is 9.59 Å². The standard InChI is InChI=1S/C17H22N6O2/c1-11-8-14(22(2)21-11)17(25)20-13-5-6-15(19-9-13)23-7-3-4-12(10-23)16(18)24/h5-6,8-9,12H,3-4,7,10H2,1-2H3,(H2,18,24)(H,20,25). The maximum Gasteiger partial charge on any atom is 0.273 e. The van der Waals surface area contributed by atoms with E-state index >= 15 is 0 Å². The maximum absolute atomic E-state index is 12.3. The van der Waals surface area contributed by atoms with Crippen LogP contribution in [0, 0.1) is 12.8 Å². The van der Waals surface area contributed by atoms with Crippen LogP contribution in [0.4, 0.5) is 11.5 Å². The van der Waals surface area contributed by atoms with Crippen molar-refractivity contribution < 1.29 is 9.59 Å². The average molecular weight is 342 g/mol. The molecule has 0 aliphatic carbocycles. The molecule has 1 saturated heterocycles. The van der Waals surface area contributed by atoms with Crippen LogP contribution in [0.1, 0.15) is 29.0 Å². The van der Waals surface area contributed by atoms with Crippen LogP contribution in [0.2, 0.25) is 0 Å². The molecule has 2 amide bonds. The molecule has 1 fully saturated rings. The Morgan fingerprint density at radius 2 is 2.16 bits per heavy atom. The van der Waals surface area contributed by atoms with Gasteiger partial charge in [-0.2, -0.15) is 5.10 Å². The first-order valence-corrected chi connectivity index (χ1v) is 8.26. The van der Waals surface area contributed by atoms with Crippen LogP contribution < -0.4 is 16.0 Å². The van der Waals surface area contributed by atoms with Crippen LogP contribution in [0.5, 0.6) is 0 Å². The van der Waals surface area contributed by atoms with Crippen LogP contribution in [0.3, 0.4) is 0 Å². The van der Waals surface area contributed by atoms with Gasteiger partial charge in [0.2, 0.25) is 5.91 Å². The molecule has 3 N–H and O–H groups in total.